The van der Waals surface area contributed by atoms with Crippen LogP contribution in [-0.2, 0) is 6.42 Å². The molecule has 25 heavy (non-hydrogen) atoms. The molecule has 0 saturated carbocycles. The van der Waals surface area contributed by atoms with Gasteiger partial charge in [0.25, 0.3) is 0 Å². The molecule has 0 aromatic heterocycles. The van der Waals surface area contributed by atoms with Gasteiger partial charge in [-0.3, -0.25) is 0 Å². The third-order valence-corrected chi connectivity index (χ3v) is 5.89. The average Bonchev–Trinajstić information content (AvgIpc) is 2.94. The van der Waals surface area contributed by atoms with Gasteiger partial charge in [-0.25, -0.2) is 0 Å². The molecule has 0 amide bonds. The number of unbranched alkanes of at least 4 members (excludes halogenated alkanes) is 4. The van der Waals surface area contributed by atoms with Crippen LogP contribution in [0.1, 0.15) is 121 Å². The van der Waals surface area contributed by atoms with E-state index in [1.165, 1.54) is 77.0 Å². The molecule has 0 bridgehead atoms. The number of rotatable bonds is 12. The first kappa shape index (κ1) is 20.3. The van der Waals surface area contributed by atoms with E-state index in [-0.39, 0.29) is 0 Å². The Morgan fingerprint density at radius 1 is 0.720 bits per heavy atom. The second-order valence-corrected chi connectivity index (χ2v) is 7.89. The summed E-state index contributed by atoms with van der Waals surface area (Å²) in [7, 11) is 0. The molecule has 0 saturated heterocycles. The summed E-state index contributed by atoms with van der Waals surface area (Å²) in [6, 6.07) is 7.21. The Bertz CT molecular complexity index is 549. The first-order valence-electron chi connectivity index (χ1n) is 11.1. The summed E-state index contributed by atoms with van der Waals surface area (Å²) in [6.07, 6.45) is 15.8. The Hall–Kier alpha value is -1.04. The topological polar surface area (TPSA) is 0 Å². The van der Waals surface area contributed by atoms with Gasteiger partial charge in [0, 0.05) is 5.92 Å². The van der Waals surface area contributed by atoms with Crippen LogP contribution in [0.25, 0.3) is 5.57 Å². The molecular weight excluding hydrogens is 300 g/mol. The van der Waals surface area contributed by atoms with Gasteiger partial charge in [0.05, 0.1) is 0 Å². The lowest BCUT2D eigenvalue weighted by molar-refractivity contribution is 0.619. The first-order valence-corrected chi connectivity index (χ1v) is 11.1. The van der Waals surface area contributed by atoms with Crippen molar-refractivity contribution in [2.24, 2.45) is 0 Å². The van der Waals surface area contributed by atoms with Gasteiger partial charge in [0.15, 0.2) is 0 Å². The highest BCUT2D eigenvalue weighted by molar-refractivity contribution is 5.80. The number of benzene rings is 1. The Labute approximate surface area is 157 Å². The van der Waals surface area contributed by atoms with Crippen LogP contribution in [0.4, 0.5) is 0 Å². The van der Waals surface area contributed by atoms with Crippen LogP contribution >= 0.6 is 0 Å². The van der Waals surface area contributed by atoms with Crippen molar-refractivity contribution >= 4 is 5.57 Å². The normalized spacial score (nSPS) is 16.6. The Kier molecular flexibility index (Phi) is 8.79. The van der Waals surface area contributed by atoms with E-state index in [0.29, 0.717) is 0 Å². The minimum absolute atomic E-state index is 0.718. The van der Waals surface area contributed by atoms with Gasteiger partial charge >= 0.3 is 0 Å². The third-order valence-electron chi connectivity index (χ3n) is 5.89. The van der Waals surface area contributed by atoms with Crippen LogP contribution in [0.2, 0.25) is 0 Å². The molecule has 140 valence electrons. The maximum atomic E-state index is 2.45. The van der Waals surface area contributed by atoms with Gasteiger partial charge in [-0.05, 0) is 67.2 Å². The minimum Gasteiger partial charge on any atom is -0.0654 e. The predicted molar refractivity (Wildman–Crippen MR) is 113 cm³/mol. The van der Waals surface area contributed by atoms with Gasteiger partial charge in [-0.15, -0.1) is 0 Å². The third kappa shape index (κ3) is 4.99. The number of aryl methyl sites for hydroxylation is 1. The molecule has 0 heteroatoms. The summed E-state index contributed by atoms with van der Waals surface area (Å²) in [5.41, 5.74) is 8.59. The quantitative estimate of drug-likeness (QED) is 0.358. The lowest BCUT2D eigenvalue weighted by Gasteiger charge is -2.17. The monoisotopic (exact) mass is 340 g/mol. The summed E-state index contributed by atoms with van der Waals surface area (Å²) in [5.74, 6) is 0.718. The highest BCUT2D eigenvalue weighted by atomic mass is 14.3. The van der Waals surface area contributed by atoms with Crippen molar-refractivity contribution in [2.75, 3.05) is 0 Å². The fourth-order valence-corrected chi connectivity index (χ4v) is 4.48. The zero-order valence-corrected chi connectivity index (χ0v) is 17.3. The number of hydrogen-bond acceptors (Lipinski definition) is 0. The summed E-state index contributed by atoms with van der Waals surface area (Å²) in [4.78, 5) is 0. The van der Waals surface area contributed by atoms with Crippen LogP contribution < -0.4 is 0 Å². The fraction of sp³-hybridized carbons (Fsp3) is 0.680. The number of fused-ring (bicyclic) bond motifs is 1. The number of allylic oxidation sites excluding steroid dienone is 2. The van der Waals surface area contributed by atoms with Crippen molar-refractivity contribution in [1.29, 1.82) is 0 Å². The molecule has 1 aromatic carbocycles. The van der Waals surface area contributed by atoms with E-state index < -0.39 is 0 Å². The smallest absolute Gasteiger partial charge is 0.00603 e. The second kappa shape index (κ2) is 10.8. The van der Waals surface area contributed by atoms with E-state index in [1.807, 2.05) is 5.57 Å². The van der Waals surface area contributed by atoms with Crippen molar-refractivity contribution in [2.45, 2.75) is 111 Å². The Balaban J connectivity index is 2.45. The predicted octanol–water partition coefficient (Wildman–Crippen LogP) is 8.45. The summed E-state index contributed by atoms with van der Waals surface area (Å²) in [6.45, 7) is 9.32. The minimum atomic E-state index is 0.718. The molecule has 0 fully saturated rings. The molecule has 0 heterocycles. The van der Waals surface area contributed by atoms with Gasteiger partial charge in [-0.2, -0.15) is 0 Å². The van der Waals surface area contributed by atoms with Gasteiger partial charge in [0.2, 0.25) is 0 Å². The summed E-state index contributed by atoms with van der Waals surface area (Å²) in [5, 5.41) is 0. The average molecular weight is 341 g/mol. The SMILES string of the molecule is CCCCC1=C(CCCC)C(CCCC)c2cccc(CCCC)c21. The summed E-state index contributed by atoms with van der Waals surface area (Å²) < 4.78 is 0. The van der Waals surface area contributed by atoms with E-state index in [0.717, 1.165) is 5.92 Å². The largest absolute Gasteiger partial charge is 0.0654 e. The van der Waals surface area contributed by atoms with E-state index in [1.54, 1.807) is 22.3 Å². The molecular formula is C25H40. The first-order chi connectivity index (χ1) is 12.3. The Morgan fingerprint density at radius 3 is 2.04 bits per heavy atom. The van der Waals surface area contributed by atoms with E-state index in [4.69, 9.17) is 0 Å². The number of hydrogen-bond donors (Lipinski definition) is 0. The van der Waals surface area contributed by atoms with Crippen LogP contribution in [0.5, 0.6) is 0 Å². The van der Waals surface area contributed by atoms with Crippen LogP contribution in [0, 0.1) is 0 Å². The van der Waals surface area contributed by atoms with Gasteiger partial charge < -0.3 is 0 Å². The lowest BCUT2D eigenvalue weighted by Crippen LogP contribution is -2.00. The van der Waals surface area contributed by atoms with E-state index >= 15 is 0 Å². The van der Waals surface area contributed by atoms with Crippen molar-refractivity contribution in [3.8, 4) is 0 Å². The zero-order chi connectivity index (χ0) is 18.1. The maximum Gasteiger partial charge on any atom is 0.00603 e. The molecule has 1 aliphatic carbocycles. The Morgan fingerprint density at radius 2 is 1.36 bits per heavy atom. The molecule has 0 aliphatic heterocycles. The molecule has 0 radical (unpaired) electrons. The van der Waals surface area contributed by atoms with Crippen molar-refractivity contribution < 1.29 is 0 Å². The molecule has 0 nitrogen and oxygen atoms in total. The van der Waals surface area contributed by atoms with Crippen molar-refractivity contribution in [3.05, 3.63) is 40.5 Å². The van der Waals surface area contributed by atoms with Gasteiger partial charge in [0.1, 0.15) is 0 Å². The van der Waals surface area contributed by atoms with Crippen molar-refractivity contribution in [3.63, 3.8) is 0 Å². The molecule has 0 N–H and O–H groups in total. The zero-order valence-electron chi connectivity index (χ0n) is 17.3. The van der Waals surface area contributed by atoms with Crippen molar-refractivity contribution in [1.82, 2.24) is 0 Å². The second-order valence-electron chi connectivity index (χ2n) is 7.89. The fourth-order valence-electron chi connectivity index (χ4n) is 4.48. The van der Waals surface area contributed by atoms with Crippen LogP contribution in [0.3, 0.4) is 0 Å². The van der Waals surface area contributed by atoms with Crippen LogP contribution in [0.15, 0.2) is 23.8 Å². The van der Waals surface area contributed by atoms with Gasteiger partial charge in [-0.1, -0.05) is 83.6 Å². The highest BCUT2D eigenvalue weighted by Crippen LogP contribution is 2.49. The van der Waals surface area contributed by atoms with Crippen LogP contribution in [-0.4, -0.2) is 0 Å². The lowest BCUT2D eigenvalue weighted by atomic mass is 9.87. The molecule has 2 rings (SSSR count). The van der Waals surface area contributed by atoms with E-state index in [9.17, 15) is 0 Å². The standard InChI is InChI=1S/C25H40/c1-5-9-14-20-15-13-19-24-22(17-11-7-3)21(16-10-6-2)23(25(20)24)18-12-8-4/h13,15,19,22H,5-12,14,16-18H2,1-4H3. The van der Waals surface area contributed by atoms with E-state index in [2.05, 4.69) is 45.9 Å². The molecule has 1 aromatic rings. The summed E-state index contributed by atoms with van der Waals surface area (Å²) >= 11 is 0. The highest BCUT2D eigenvalue weighted by Gasteiger charge is 2.31. The maximum absolute atomic E-state index is 2.45. The molecule has 1 aliphatic rings. The molecule has 0 spiro atoms. The molecule has 1 atom stereocenters. The molecule has 1 unspecified atom stereocenters.